The van der Waals surface area contributed by atoms with E-state index >= 15 is 0 Å². The van der Waals surface area contributed by atoms with Gasteiger partial charge in [0.15, 0.2) is 0 Å². The molecule has 98 valence electrons. The minimum Gasteiger partial charge on any atom is -0.338 e. The molecule has 0 radical (unpaired) electrons. The predicted molar refractivity (Wildman–Crippen MR) is 71.3 cm³/mol. The van der Waals surface area contributed by atoms with Crippen molar-refractivity contribution in [3.63, 3.8) is 0 Å². The maximum absolute atomic E-state index is 12.5. The van der Waals surface area contributed by atoms with Crippen molar-refractivity contribution in [2.45, 2.75) is 32.2 Å². The third-order valence-electron chi connectivity index (χ3n) is 3.99. The Morgan fingerprint density at radius 2 is 2.33 bits per heavy atom. The second-order valence-electron chi connectivity index (χ2n) is 5.10. The van der Waals surface area contributed by atoms with Gasteiger partial charge >= 0.3 is 0 Å². The van der Waals surface area contributed by atoms with Crippen LogP contribution in [0.15, 0.2) is 18.5 Å². The van der Waals surface area contributed by atoms with Crippen LogP contribution in [0.25, 0.3) is 0 Å². The summed E-state index contributed by atoms with van der Waals surface area (Å²) in [5.41, 5.74) is 7.46. The summed E-state index contributed by atoms with van der Waals surface area (Å²) in [5.74, 6) is 0.529. The molecule has 2 atom stereocenters. The number of nitrogens with two attached hydrogens (primary N) is 1. The summed E-state index contributed by atoms with van der Waals surface area (Å²) in [7, 11) is 1.89. The van der Waals surface area contributed by atoms with Gasteiger partial charge in [0.2, 0.25) is 0 Å². The summed E-state index contributed by atoms with van der Waals surface area (Å²) in [6.07, 6.45) is 6.76. The van der Waals surface area contributed by atoms with E-state index < -0.39 is 0 Å². The highest BCUT2D eigenvalue weighted by Gasteiger charge is 2.32. The third-order valence-corrected chi connectivity index (χ3v) is 3.99. The quantitative estimate of drug-likeness (QED) is 0.882. The number of aryl methyl sites for hydroxylation is 1. The Morgan fingerprint density at radius 1 is 1.56 bits per heavy atom. The van der Waals surface area contributed by atoms with Gasteiger partial charge in [0.1, 0.15) is 0 Å². The third kappa shape index (κ3) is 2.38. The monoisotopic (exact) mass is 247 g/mol. The van der Waals surface area contributed by atoms with E-state index in [0.29, 0.717) is 12.5 Å². The fourth-order valence-corrected chi connectivity index (χ4v) is 2.86. The topological polar surface area (TPSA) is 59.2 Å². The van der Waals surface area contributed by atoms with Gasteiger partial charge in [-0.05, 0) is 43.9 Å². The SMILES string of the molecule is Cc1cnccc1C(=O)N(C)C1CCCC1CN. The van der Waals surface area contributed by atoms with Crippen LogP contribution in [0.5, 0.6) is 0 Å². The lowest BCUT2D eigenvalue weighted by atomic mass is 10.0. The zero-order valence-electron chi connectivity index (χ0n) is 11.1. The molecule has 18 heavy (non-hydrogen) atoms. The minimum atomic E-state index is 0.0836. The van der Waals surface area contributed by atoms with Crippen LogP contribution in [0.2, 0.25) is 0 Å². The van der Waals surface area contributed by atoms with Gasteiger partial charge in [0.25, 0.3) is 5.91 Å². The molecule has 4 heteroatoms. The summed E-state index contributed by atoms with van der Waals surface area (Å²) in [6.45, 7) is 2.58. The summed E-state index contributed by atoms with van der Waals surface area (Å²) in [6, 6.07) is 2.08. The largest absolute Gasteiger partial charge is 0.338 e. The maximum atomic E-state index is 12.5. The van der Waals surface area contributed by atoms with E-state index in [9.17, 15) is 4.79 Å². The minimum absolute atomic E-state index is 0.0836. The average molecular weight is 247 g/mol. The Kier molecular flexibility index (Phi) is 3.97. The van der Waals surface area contributed by atoms with E-state index in [0.717, 1.165) is 24.0 Å². The molecule has 1 aliphatic carbocycles. The van der Waals surface area contributed by atoms with Crippen LogP contribution in [0.4, 0.5) is 0 Å². The highest BCUT2D eigenvalue weighted by Crippen LogP contribution is 2.29. The smallest absolute Gasteiger partial charge is 0.254 e. The molecule has 1 fully saturated rings. The number of aromatic nitrogens is 1. The van der Waals surface area contributed by atoms with Crippen molar-refractivity contribution < 1.29 is 4.79 Å². The lowest BCUT2D eigenvalue weighted by Gasteiger charge is -2.29. The van der Waals surface area contributed by atoms with Crippen LogP contribution < -0.4 is 5.73 Å². The maximum Gasteiger partial charge on any atom is 0.254 e. The number of hydrogen-bond donors (Lipinski definition) is 1. The van der Waals surface area contributed by atoms with Crippen molar-refractivity contribution in [3.05, 3.63) is 29.6 Å². The Hall–Kier alpha value is -1.42. The standard InChI is InChI=1S/C14H21N3O/c1-10-9-16-7-6-12(10)14(18)17(2)13-5-3-4-11(13)8-15/h6-7,9,11,13H,3-5,8,15H2,1-2H3. The fraction of sp³-hybridized carbons (Fsp3) is 0.571. The molecule has 0 bridgehead atoms. The van der Waals surface area contributed by atoms with Crippen molar-refractivity contribution in [2.24, 2.45) is 11.7 Å². The van der Waals surface area contributed by atoms with Crippen LogP contribution >= 0.6 is 0 Å². The van der Waals surface area contributed by atoms with Crippen LogP contribution in [0.3, 0.4) is 0 Å². The Bertz CT molecular complexity index is 433. The van der Waals surface area contributed by atoms with Gasteiger partial charge < -0.3 is 10.6 Å². The molecular formula is C14H21N3O. The number of hydrogen-bond acceptors (Lipinski definition) is 3. The van der Waals surface area contributed by atoms with Gasteiger partial charge in [0, 0.05) is 31.0 Å². The highest BCUT2D eigenvalue weighted by atomic mass is 16.2. The zero-order chi connectivity index (χ0) is 13.1. The van der Waals surface area contributed by atoms with E-state index in [1.165, 1.54) is 6.42 Å². The number of nitrogens with zero attached hydrogens (tertiary/aromatic N) is 2. The van der Waals surface area contributed by atoms with Gasteiger partial charge in [-0.2, -0.15) is 0 Å². The van der Waals surface area contributed by atoms with Gasteiger partial charge in [-0.3, -0.25) is 9.78 Å². The van der Waals surface area contributed by atoms with Crippen molar-refractivity contribution in [2.75, 3.05) is 13.6 Å². The molecule has 1 aromatic heterocycles. The van der Waals surface area contributed by atoms with E-state index in [-0.39, 0.29) is 11.9 Å². The molecule has 1 heterocycles. The normalized spacial score (nSPS) is 23.1. The van der Waals surface area contributed by atoms with Gasteiger partial charge in [-0.25, -0.2) is 0 Å². The molecule has 0 saturated heterocycles. The van der Waals surface area contributed by atoms with Gasteiger partial charge in [-0.15, -0.1) is 0 Å². The number of carbonyl (C=O) groups is 1. The molecular weight excluding hydrogens is 226 g/mol. The summed E-state index contributed by atoms with van der Waals surface area (Å²) in [4.78, 5) is 18.4. The predicted octanol–water partition coefficient (Wildman–Crippen LogP) is 1.59. The first-order valence-corrected chi connectivity index (χ1v) is 6.53. The molecule has 0 aromatic carbocycles. The van der Waals surface area contributed by atoms with E-state index in [1.54, 1.807) is 18.5 Å². The summed E-state index contributed by atoms with van der Waals surface area (Å²) < 4.78 is 0. The van der Waals surface area contributed by atoms with Crippen molar-refractivity contribution >= 4 is 5.91 Å². The first kappa shape index (κ1) is 13.0. The van der Waals surface area contributed by atoms with E-state index in [4.69, 9.17) is 5.73 Å². The molecule has 0 spiro atoms. The molecule has 1 aromatic rings. The number of pyridine rings is 1. The van der Waals surface area contributed by atoms with Gasteiger partial charge in [-0.1, -0.05) is 6.42 Å². The summed E-state index contributed by atoms with van der Waals surface area (Å²) >= 11 is 0. The number of carbonyl (C=O) groups excluding carboxylic acids is 1. The molecule has 1 amide bonds. The molecule has 2 N–H and O–H groups in total. The first-order chi connectivity index (χ1) is 8.65. The molecule has 1 aliphatic rings. The van der Waals surface area contributed by atoms with Crippen LogP contribution in [0.1, 0.15) is 35.2 Å². The number of rotatable bonds is 3. The summed E-state index contributed by atoms with van der Waals surface area (Å²) in [5, 5.41) is 0. The molecule has 0 aliphatic heterocycles. The molecule has 4 nitrogen and oxygen atoms in total. The first-order valence-electron chi connectivity index (χ1n) is 6.53. The van der Waals surface area contributed by atoms with Crippen molar-refractivity contribution in [1.29, 1.82) is 0 Å². The Balaban J connectivity index is 2.16. The van der Waals surface area contributed by atoms with Crippen molar-refractivity contribution in [1.82, 2.24) is 9.88 Å². The molecule has 2 unspecified atom stereocenters. The van der Waals surface area contributed by atoms with E-state index in [1.807, 2.05) is 18.9 Å². The van der Waals surface area contributed by atoms with Crippen LogP contribution in [0, 0.1) is 12.8 Å². The second kappa shape index (κ2) is 5.48. The van der Waals surface area contributed by atoms with Crippen LogP contribution in [-0.4, -0.2) is 35.4 Å². The Morgan fingerprint density at radius 3 is 3.00 bits per heavy atom. The van der Waals surface area contributed by atoms with E-state index in [2.05, 4.69) is 4.98 Å². The molecule has 2 rings (SSSR count). The van der Waals surface area contributed by atoms with Crippen LogP contribution in [-0.2, 0) is 0 Å². The zero-order valence-corrected chi connectivity index (χ0v) is 11.1. The lowest BCUT2D eigenvalue weighted by Crippen LogP contribution is -2.41. The number of amides is 1. The lowest BCUT2D eigenvalue weighted by molar-refractivity contribution is 0.0699. The highest BCUT2D eigenvalue weighted by molar-refractivity contribution is 5.95. The second-order valence-corrected chi connectivity index (χ2v) is 5.10. The van der Waals surface area contributed by atoms with Gasteiger partial charge in [0.05, 0.1) is 0 Å². The van der Waals surface area contributed by atoms with Crippen molar-refractivity contribution in [3.8, 4) is 0 Å². The Labute approximate surface area is 108 Å². The molecule has 1 saturated carbocycles. The average Bonchev–Trinajstić information content (AvgIpc) is 2.86. The fourth-order valence-electron chi connectivity index (χ4n) is 2.86.